The van der Waals surface area contributed by atoms with E-state index in [2.05, 4.69) is 16.6 Å². The molecule has 1 radical (unpaired) electrons. The highest BCUT2D eigenvalue weighted by atomic mass is 15.1. The number of nitrogens with zero attached hydrogens (tertiary/aromatic N) is 1. The van der Waals surface area contributed by atoms with Crippen LogP contribution in [0.25, 0.3) is 0 Å². The van der Waals surface area contributed by atoms with Crippen LogP contribution in [0.3, 0.4) is 0 Å². The van der Waals surface area contributed by atoms with Gasteiger partial charge in [0, 0.05) is 6.04 Å². The standard InChI is InChI=1S/C14H27N2/c1-2-4-12-16(13-5-3-1)14-8-6-10-15-11-7-9-14/h2,14-15H,1,3-13H2. The summed E-state index contributed by atoms with van der Waals surface area (Å²) >= 11 is 0. The van der Waals surface area contributed by atoms with E-state index in [0.717, 1.165) is 6.04 Å². The lowest BCUT2D eigenvalue weighted by atomic mass is 9.99. The second-order valence-corrected chi connectivity index (χ2v) is 5.30. The summed E-state index contributed by atoms with van der Waals surface area (Å²) in [5.74, 6) is 0. The van der Waals surface area contributed by atoms with Gasteiger partial charge in [0.15, 0.2) is 0 Å². The number of rotatable bonds is 1. The molecule has 0 saturated carbocycles. The summed E-state index contributed by atoms with van der Waals surface area (Å²) in [7, 11) is 0. The summed E-state index contributed by atoms with van der Waals surface area (Å²) in [4.78, 5) is 2.78. The molecule has 0 spiro atoms. The van der Waals surface area contributed by atoms with Gasteiger partial charge in [0.1, 0.15) is 0 Å². The van der Waals surface area contributed by atoms with E-state index in [1.165, 1.54) is 77.5 Å². The minimum Gasteiger partial charge on any atom is -0.317 e. The summed E-state index contributed by atoms with van der Waals surface area (Å²) in [6.45, 7) is 5.14. The zero-order chi connectivity index (χ0) is 11.1. The maximum Gasteiger partial charge on any atom is 0.00962 e. The van der Waals surface area contributed by atoms with Crippen molar-refractivity contribution in [2.24, 2.45) is 0 Å². The molecule has 93 valence electrons. The van der Waals surface area contributed by atoms with Gasteiger partial charge in [-0.05, 0) is 71.1 Å². The molecule has 2 heteroatoms. The molecule has 1 N–H and O–H groups in total. The van der Waals surface area contributed by atoms with E-state index in [9.17, 15) is 0 Å². The molecule has 0 aliphatic carbocycles. The molecule has 0 unspecified atom stereocenters. The highest BCUT2D eigenvalue weighted by Crippen LogP contribution is 2.19. The van der Waals surface area contributed by atoms with E-state index in [1.54, 1.807) is 0 Å². The Labute approximate surface area is 101 Å². The number of hydrogen-bond acceptors (Lipinski definition) is 2. The Kier molecular flexibility index (Phi) is 5.64. The zero-order valence-corrected chi connectivity index (χ0v) is 10.6. The van der Waals surface area contributed by atoms with Crippen molar-refractivity contribution in [3.63, 3.8) is 0 Å². The first kappa shape index (κ1) is 12.4. The van der Waals surface area contributed by atoms with Crippen LogP contribution in [0.4, 0.5) is 0 Å². The van der Waals surface area contributed by atoms with Crippen LogP contribution in [0.5, 0.6) is 0 Å². The van der Waals surface area contributed by atoms with Crippen LogP contribution < -0.4 is 5.32 Å². The van der Waals surface area contributed by atoms with Crippen molar-refractivity contribution >= 4 is 0 Å². The van der Waals surface area contributed by atoms with Crippen molar-refractivity contribution in [2.75, 3.05) is 26.2 Å². The molecule has 0 aromatic carbocycles. The second kappa shape index (κ2) is 7.29. The van der Waals surface area contributed by atoms with Gasteiger partial charge in [-0.25, -0.2) is 0 Å². The van der Waals surface area contributed by atoms with Gasteiger partial charge < -0.3 is 10.2 Å². The summed E-state index contributed by atoms with van der Waals surface area (Å²) in [5, 5.41) is 3.51. The fourth-order valence-corrected chi connectivity index (χ4v) is 3.04. The van der Waals surface area contributed by atoms with Crippen molar-refractivity contribution in [3.05, 3.63) is 6.42 Å². The third kappa shape index (κ3) is 4.06. The molecule has 2 aliphatic rings. The molecule has 0 amide bonds. The molecular formula is C14H27N2. The van der Waals surface area contributed by atoms with Gasteiger partial charge in [0.05, 0.1) is 0 Å². The molecule has 2 heterocycles. The van der Waals surface area contributed by atoms with Crippen LogP contribution in [0.1, 0.15) is 51.4 Å². The van der Waals surface area contributed by atoms with E-state index in [-0.39, 0.29) is 0 Å². The second-order valence-electron chi connectivity index (χ2n) is 5.30. The molecule has 2 aliphatic heterocycles. The monoisotopic (exact) mass is 223 g/mol. The van der Waals surface area contributed by atoms with Crippen LogP contribution in [0.15, 0.2) is 0 Å². The zero-order valence-electron chi connectivity index (χ0n) is 10.6. The Bertz CT molecular complexity index is 146. The van der Waals surface area contributed by atoms with Gasteiger partial charge in [0.2, 0.25) is 0 Å². The van der Waals surface area contributed by atoms with Crippen molar-refractivity contribution in [1.82, 2.24) is 10.2 Å². The molecule has 2 fully saturated rings. The smallest absolute Gasteiger partial charge is 0.00962 e. The third-order valence-electron chi connectivity index (χ3n) is 4.02. The van der Waals surface area contributed by atoms with Crippen LogP contribution in [-0.4, -0.2) is 37.1 Å². The normalized spacial score (nSPS) is 27.8. The molecule has 0 bridgehead atoms. The van der Waals surface area contributed by atoms with Crippen LogP contribution in [-0.2, 0) is 0 Å². The van der Waals surface area contributed by atoms with Gasteiger partial charge in [0.25, 0.3) is 0 Å². The quantitative estimate of drug-likeness (QED) is 0.735. The van der Waals surface area contributed by atoms with Crippen LogP contribution in [0, 0.1) is 6.42 Å². The molecule has 2 saturated heterocycles. The van der Waals surface area contributed by atoms with E-state index >= 15 is 0 Å². The first-order chi connectivity index (χ1) is 7.97. The lowest BCUT2D eigenvalue weighted by Gasteiger charge is -2.34. The summed E-state index contributed by atoms with van der Waals surface area (Å²) in [6.07, 6.45) is 13.5. The van der Waals surface area contributed by atoms with Gasteiger partial charge in [-0.15, -0.1) is 0 Å². The molecule has 0 aromatic rings. The van der Waals surface area contributed by atoms with Crippen molar-refractivity contribution in [1.29, 1.82) is 0 Å². The summed E-state index contributed by atoms with van der Waals surface area (Å²) in [5.41, 5.74) is 0. The van der Waals surface area contributed by atoms with E-state index < -0.39 is 0 Å². The predicted octanol–water partition coefficient (Wildman–Crippen LogP) is 2.60. The average molecular weight is 223 g/mol. The summed E-state index contributed by atoms with van der Waals surface area (Å²) in [6, 6.07) is 0.883. The Balaban J connectivity index is 1.81. The molecule has 2 nitrogen and oxygen atoms in total. The topological polar surface area (TPSA) is 15.3 Å². The van der Waals surface area contributed by atoms with E-state index in [1.807, 2.05) is 0 Å². The van der Waals surface area contributed by atoms with Crippen molar-refractivity contribution in [2.45, 2.75) is 57.4 Å². The van der Waals surface area contributed by atoms with Gasteiger partial charge >= 0.3 is 0 Å². The highest BCUT2D eigenvalue weighted by Gasteiger charge is 2.19. The minimum atomic E-state index is 0.883. The Hall–Kier alpha value is -0.0800. The van der Waals surface area contributed by atoms with Gasteiger partial charge in [-0.3, -0.25) is 0 Å². The number of nitrogens with one attached hydrogen (secondary N) is 1. The largest absolute Gasteiger partial charge is 0.317 e. The maximum absolute atomic E-state index is 3.51. The molecule has 0 aromatic heterocycles. The molecule has 2 rings (SSSR count). The lowest BCUT2D eigenvalue weighted by Crippen LogP contribution is -2.39. The van der Waals surface area contributed by atoms with Gasteiger partial charge in [-0.2, -0.15) is 0 Å². The molecular weight excluding hydrogens is 196 g/mol. The number of hydrogen-bond donors (Lipinski definition) is 1. The third-order valence-corrected chi connectivity index (χ3v) is 4.02. The van der Waals surface area contributed by atoms with E-state index in [4.69, 9.17) is 0 Å². The SMILES string of the molecule is [CH]1CCCCN(C2CCCNCCC2)CC1. The predicted molar refractivity (Wildman–Crippen MR) is 69.5 cm³/mol. The first-order valence-electron chi connectivity index (χ1n) is 7.23. The molecule has 0 atom stereocenters. The highest BCUT2D eigenvalue weighted by molar-refractivity contribution is 4.79. The maximum atomic E-state index is 3.51. The molecule has 16 heavy (non-hydrogen) atoms. The fraction of sp³-hybridized carbons (Fsp3) is 0.929. The Morgan fingerprint density at radius 2 is 1.69 bits per heavy atom. The van der Waals surface area contributed by atoms with E-state index in [0.29, 0.717) is 0 Å². The Morgan fingerprint density at radius 1 is 0.875 bits per heavy atom. The lowest BCUT2D eigenvalue weighted by molar-refractivity contribution is 0.161. The first-order valence-corrected chi connectivity index (χ1v) is 7.23. The fourth-order valence-electron chi connectivity index (χ4n) is 3.04. The Morgan fingerprint density at radius 3 is 2.50 bits per heavy atom. The van der Waals surface area contributed by atoms with Crippen LogP contribution >= 0.6 is 0 Å². The average Bonchev–Trinajstić information content (AvgIpc) is 2.18. The number of likely N-dealkylation sites (tertiary alicyclic amines) is 1. The van der Waals surface area contributed by atoms with Gasteiger partial charge in [-0.1, -0.05) is 12.8 Å². The van der Waals surface area contributed by atoms with Crippen LogP contribution in [0.2, 0.25) is 0 Å². The minimum absolute atomic E-state index is 0.883. The van der Waals surface area contributed by atoms with Crippen molar-refractivity contribution < 1.29 is 0 Å². The van der Waals surface area contributed by atoms with Crippen molar-refractivity contribution in [3.8, 4) is 0 Å². The summed E-state index contributed by atoms with van der Waals surface area (Å²) < 4.78 is 0.